The fraction of sp³-hybridized carbons (Fsp3) is 0.932. The van der Waals surface area contributed by atoms with Gasteiger partial charge in [0.1, 0.15) is 0 Å². The summed E-state index contributed by atoms with van der Waals surface area (Å²) >= 11 is 0. The maximum absolute atomic E-state index is 2.77. The number of nitrogens with zero attached hydrogens (tertiary/aromatic N) is 2. The Morgan fingerprint density at radius 1 is 0.370 bits per heavy atom. The van der Waals surface area contributed by atoms with E-state index in [0.717, 1.165) is 0 Å². The lowest BCUT2D eigenvalue weighted by molar-refractivity contribution is -0.801. The van der Waals surface area contributed by atoms with Crippen molar-refractivity contribution in [1.29, 1.82) is 0 Å². The van der Waals surface area contributed by atoms with Crippen molar-refractivity contribution in [1.82, 2.24) is 0 Å². The first kappa shape index (κ1) is 43.4. The lowest BCUT2D eigenvalue weighted by Gasteiger charge is -2.29. The van der Waals surface area contributed by atoms with Crippen molar-refractivity contribution in [3.05, 3.63) is 12.4 Å². The first-order valence-corrected chi connectivity index (χ1v) is 21.9. The van der Waals surface area contributed by atoms with Gasteiger partial charge >= 0.3 is 5.84 Å². The van der Waals surface area contributed by atoms with E-state index in [-0.39, 0.29) is 0 Å². The molecule has 1 heterocycles. The van der Waals surface area contributed by atoms with Crippen LogP contribution in [0.3, 0.4) is 0 Å². The van der Waals surface area contributed by atoms with Crippen molar-refractivity contribution < 1.29 is 9.06 Å². The fourth-order valence-electron chi connectivity index (χ4n) is 7.79. The van der Waals surface area contributed by atoms with E-state index in [1.54, 1.807) is 5.84 Å². The van der Waals surface area contributed by atoms with E-state index in [1.807, 2.05) is 0 Å². The standard InChI is InChI=1S/C44H88N2/c1-5-9-13-17-21-25-29-33-37-42-46(41-36-32-28-24-20-16-12-8-4)43-40-45(39-35-31-27-23-19-15-11-7-3)44(46)38-34-30-26-22-18-14-10-6-2/h40,43H,5-39,41-42H2,1-4H3/q+2. The predicted octanol–water partition coefficient (Wildman–Crippen LogP) is 15.0. The summed E-state index contributed by atoms with van der Waals surface area (Å²) in [6, 6.07) is 0. The van der Waals surface area contributed by atoms with Crippen molar-refractivity contribution >= 4 is 5.84 Å². The van der Waals surface area contributed by atoms with Crippen LogP contribution in [0.1, 0.15) is 246 Å². The van der Waals surface area contributed by atoms with Gasteiger partial charge < -0.3 is 0 Å². The van der Waals surface area contributed by atoms with E-state index in [2.05, 4.69) is 44.7 Å². The van der Waals surface area contributed by atoms with Gasteiger partial charge in [-0.2, -0.15) is 4.58 Å². The molecule has 0 saturated carbocycles. The molecule has 0 N–H and O–H groups in total. The van der Waals surface area contributed by atoms with Crippen molar-refractivity contribution in [2.45, 2.75) is 246 Å². The molecule has 0 saturated heterocycles. The van der Waals surface area contributed by atoms with E-state index >= 15 is 0 Å². The molecule has 272 valence electrons. The lowest BCUT2D eigenvalue weighted by atomic mass is 10.0. The van der Waals surface area contributed by atoms with E-state index in [0.29, 0.717) is 0 Å². The molecule has 0 aromatic rings. The molecule has 1 aliphatic heterocycles. The van der Waals surface area contributed by atoms with E-state index < -0.39 is 0 Å². The van der Waals surface area contributed by atoms with Crippen LogP contribution in [0, 0.1) is 0 Å². The lowest BCUT2D eigenvalue weighted by Crippen LogP contribution is -2.50. The average Bonchev–Trinajstić information content (AvgIpc) is 3.40. The summed E-state index contributed by atoms with van der Waals surface area (Å²) in [4.78, 5) is 0. The number of rotatable bonds is 37. The van der Waals surface area contributed by atoms with Gasteiger partial charge in [-0.05, 0) is 38.5 Å². The molecule has 1 aliphatic rings. The van der Waals surface area contributed by atoms with Gasteiger partial charge in [0.05, 0.1) is 19.5 Å². The highest BCUT2D eigenvalue weighted by atomic mass is 15.4. The zero-order valence-corrected chi connectivity index (χ0v) is 32.7. The van der Waals surface area contributed by atoms with Gasteiger partial charge in [-0.25, -0.2) is 4.48 Å². The van der Waals surface area contributed by atoms with E-state index in [9.17, 15) is 0 Å². The molecule has 0 aromatic heterocycles. The number of hydrogen-bond acceptors (Lipinski definition) is 0. The molecule has 1 unspecified atom stereocenters. The van der Waals surface area contributed by atoms with Gasteiger partial charge in [-0.1, -0.05) is 195 Å². The molecule has 46 heavy (non-hydrogen) atoms. The Balaban J connectivity index is 2.78. The summed E-state index contributed by atoms with van der Waals surface area (Å²) in [7, 11) is 0. The largest absolute Gasteiger partial charge is 0.348 e. The molecule has 0 bridgehead atoms. The van der Waals surface area contributed by atoms with Gasteiger partial charge in [-0.15, -0.1) is 0 Å². The highest BCUT2D eigenvalue weighted by Crippen LogP contribution is 2.26. The highest BCUT2D eigenvalue weighted by Gasteiger charge is 2.42. The predicted molar refractivity (Wildman–Crippen MR) is 209 cm³/mol. The third-order valence-electron chi connectivity index (χ3n) is 11.0. The minimum Gasteiger partial charge on any atom is -0.209 e. The Morgan fingerprint density at radius 2 is 0.674 bits per heavy atom. The summed E-state index contributed by atoms with van der Waals surface area (Å²) in [5, 5.41) is 0. The van der Waals surface area contributed by atoms with Crippen LogP contribution in [-0.4, -0.2) is 34.5 Å². The van der Waals surface area contributed by atoms with Crippen LogP contribution in [0.4, 0.5) is 0 Å². The SMILES string of the molecule is CCCCCCCCCCC[N+]1(CCCCCCCCCC)C=C[N+](CCCCCCCCCC)=C1CCCCCCCCCC. The first-order valence-electron chi connectivity index (χ1n) is 21.9. The summed E-state index contributed by atoms with van der Waals surface area (Å²) in [6.07, 6.45) is 53.6. The zero-order valence-electron chi connectivity index (χ0n) is 32.7. The van der Waals surface area contributed by atoms with Gasteiger partial charge in [0.2, 0.25) is 6.20 Å². The maximum atomic E-state index is 2.77. The van der Waals surface area contributed by atoms with Gasteiger partial charge in [0, 0.05) is 6.42 Å². The number of hydrogen-bond donors (Lipinski definition) is 0. The van der Waals surface area contributed by atoms with Crippen LogP contribution in [0.2, 0.25) is 0 Å². The topological polar surface area (TPSA) is 3.01 Å². The molecular formula is C44H88N2+2. The van der Waals surface area contributed by atoms with Crippen LogP contribution in [0.5, 0.6) is 0 Å². The Bertz CT molecular complexity index is 694. The van der Waals surface area contributed by atoms with Gasteiger partial charge in [0.25, 0.3) is 0 Å². The van der Waals surface area contributed by atoms with Crippen LogP contribution >= 0.6 is 0 Å². The van der Waals surface area contributed by atoms with Crippen molar-refractivity contribution in [3.63, 3.8) is 0 Å². The Hall–Kier alpha value is -0.630. The van der Waals surface area contributed by atoms with Crippen molar-refractivity contribution in [2.24, 2.45) is 0 Å². The Morgan fingerprint density at radius 3 is 1.04 bits per heavy atom. The third-order valence-corrected chi connectivity index (χ3v) is 11.0. The molecule has 1 atom stereocenters. The minimum absolute atomic E-state index is 1.21. The van der Waals surface area contributed by atoms with E-state index in [1.165, 1.54) is 242 Å². The molecule has 0 aliphatic carbocycles. The zero-order chi connectivity index (χ0) is 33.2. The molecule has 0 aromatic carbocycles. The number of unbranched alkanes of at least 4 members (excludes halogenated alkanes) is 29. The number of quaternary nitrogens is 1. The van der Waals surface area contributed by atoms with Crippen LogP contribution in [-0.2, 0) is 0 Å². The summed E-state index contributed by atoms with van der Waals surface area (Å²) < 4.78 is 3.98. The molecule has 2 nitrogen and oxygen atoms in total. The van der Waals surface area contributed by atoms with Gasteiger partial charge in [-0.3, -0.25) is 0 Å². The number of amidine groups is 1. The Labute approximate surface area is 292 Å². The van der Waals surface area contributed by atoms with Crippen LogP contribution in [0.15, 0.2) is 12.4 Å². The van der Waals surface area contributed by atoms with Crippen molar-refractivity contribution in [2.75, 3.05) is 19.6 Å². The third kappa shape index (κ3) is 22.9. The highest BCUT2D eigenvalue weighted by molar-refractivity contribution is 5.72. The molecule has 0 radical (unpaired) electrons. The maximum Gasteiger partial charge on any atom is 0.348 e. The van der Waals surface area contributed by atoms with Gasteiger partial charge in [0.15, 0.2) is 12.7 Å². The summed E-state index contributed by atoms with van der Waals surface area (Å²) in [5.41, 5.74) is 0. The summed E-state index contributed by atoms with van der Waals surface area (Å²) in [5.74, 6) is 1.79. The fourth-order valence-corrected chi connectivity index (χ4v) is 7.79. The molecule has 1 rings (SSSR count). The van der Waals surface area contributed by atoms with Crippen LogP contribution in [0.25, 0.3) is 0 Å². The quantitative estimate of drug-likeness (QED) is 0.0360. The first-order chi connectivity index (χ1) is 22.7. The molecule has 2 heteroatoms. The minimum atomic E-state index is 1.21. The van der Waals surface area contributed by atoms with Crippen LogP contribution < -0.4 is 0 Å². The average molecular weight is 645 g/mol. The molecular weight excluding hydrogens is 556 g/mol. The Kier molecular flexibility index (Phi) is 31.0. The smallest absolute Gasteiger partial charge is 0.209 e. The second-order valence-electron chi connectivity index (χ2n) is 15.4. The van der Waals surface area contributed by atoms with Crippen molar-refractivity contribution in [3.8, 4) is 0 Å². The molecule has 0 amide bonds. The normalized spacial score (nSPS) is 16.3. The summed E-state index contributed by atoms with van der Waals surface area (Å²) in [6.45, 7) is 13.3. The van der Waals surface area contributed by atoms with E-state index in [4.69, 9.17) is 0 Å². The molecule has 0 fully saturated rings. The molecule has 0 spiro atoms. The second-order valence-corrected chi connectivity index (χ2v) is 15.4. The second kappa shape index (κ2) is 32.9. The monoisotopic (exact) mass is 645 g/mol.